The Morgan fingerprint density at radius 3 is 2.72 bits per heavy atom. The monoisotopic (exact) mass is 385 g/mol. The van der Waals surface area contributed by atoms with Gasteiger partial charge in [0.05, 0.1) is 3.79 Å². The summed E-state index contributed by atoms with van der Waals surface area (Å²) in [7, 11) is 0. The topological polar surface area (TPSA) is 12.0 Å². The summed E-state index contributed by atoms with van der Waals surface area (Å²) in [5.41, 5.74) is 2.86. The molecule has 0 saturated carbocycles. The third-order valence-corrected chi connectivity index (χ3v) is 7.04. The minimum Gasteiger partial charge on any atom is -0.315 e. The zero-order valence-corrected chi connectivity index (χ0v) is 13.7. The molecule has 2 heterocycles. The molecule has 0 radical (unpaired) electrons. The second kappa shape index (κ2) is 5.45. The molecule has 0 amide bonds. The average molecular weight is 387 g/mol. The Kier molecular flexibility index (Phi) is 3.89. The Bertz CT molecular complexity index is 550. The predicted molar refractivity (Wildman–Crippen MR) is 84.6 cm³/mol. The van der Waals surface area contributed by atoms with E-state index in [1.54, 1.807) is 0 Å². The number of fused-ring (bicyclic) bond motifs is 1. The van der Waals surface area contributed by atoms with Crippen molar-refractivity contribution < 1.29 is 0 Å². The summed E-state index contributed by atoms with van der Waals surface area (Å²) in [6, 6.07) is 10.8. The summed E-state index contributed by atoms with van der Waals surface area (Å²) in [5.74, 6) is 0.469. The molecule has 18 heavy (non-hydrogen) atoms. The van der Waals surface area contributed by atoms with Crippen molar-refractivity contribution in [1.29, 1.82) is 0 Å². The van der Waals surface area contributed by atoms with Crippen LogP contribution in [0.15, 0.2) is 38.6 Å². The minimum atomic E-state index is 0.469. The van der Waals surface area contributed by atoms with Gasteiger partial charge in [0.1, 0.15) is 0 Å². The number of rotatable bonds is 1. The van der Waals surface area contributed by atoms with E-state index in [1.165, 1.54) is 24.3 Å². The van der Waals surface area contributed by atoms with Crippen LogP contribution in [0.4, 0.5) is 0 Å². The van der Waals surface area contributed by atoms with Crippen molar-refractivity contribution in [2.75, 3.05) is 13.1 Å². The maximum atomic E-state index is 3.71. The van der Waals surface area contributed by atoms with Gasteiger partial charge in [0, 0.05) is 21.8 Å². The summed E-state index contributed by atoms with van der Waals surface area (Å²) < 4.78 is 2.46. The molecule has 1 aromatic heterocycles. The first-order valence-electron chi connectivity index (χ1n) is 5.99. The van der Waals surface area contributed by atoms with Gasteiger partial charge in [-0.1, -0.05) is 30.3 Å². The Labute approximate surface area is 128 Å². The molecule has 1 aliphatic rings. The Morgan fingerprint density at radius 2 is 1.94 bits per heavy atom. The highest BCUT2D eigenvalue weighted by atomic mass is 79.9. The predicted octanol–water partition coefficient (Wildman–Crippen LogP) is 4.55. The fraction of sp³-hybridized carbons (Fsp3) is 0.286. The van der Waals surface area contributed by atoms with E-state index < -0.39 is 0 Å². The molecule has 1 unspecified atom stereocenters. The number of benzene rings is 1. The number of thiophene rings is 1. The van der Waals surface area contributed by atoms with Crippen molar-refractivity contribution in [2.45, 2.75) is 12.3 Å². The summed E-state index contributed by atoms with van der Waals surface area (Å²) in [4.78, 5) is 1.49. The second-order valence-corrected chi connectivity index (χ2v) is 7.61. The zero-order valence-electron chi connectivity index (χ0n) is 9.75. The molecule has 4 heteroatoms. The average Bonchev–Trinajstić information content (AvgIpc) is 2.58. The zero-order chi connectivity index (χ0) is 12.5. The molecule has 94 valence electrons. The third-order valence-electron chi connectivity index (χ3n) is 3.35. The maximum Gasteiger partial charge on any atom is 0.0846 e. The van der Waals surface area contributed by atoms with Crippen LogP contribution in [-0.4, -0.2) is 13.1 Å². The molecule has 1 aliphatic heterocycles. The second-order valence-electron chi connectivity index (χ2n) is 4.45. The first-order chi connectivity index (χ1) is 8.77. The Morgan fingerprint density at radius 1 is 1.17 bits per heavy atom. The number of halogens is 2. The van der Waals surface area contributed by atoms with E-state index in [0.29, 0.717) is 5.92 Å². The van der Waals surface area contributed by atoms with Crippen molar-refractivity contribution >= 4 is 43.2 Å². The lowest BCUT2D eigenvalue weighted by Gasteiger charge is -2.15. The van der Waals surface area contributed by atoms with Gasteiger partial charge in [0.2, 0.25) is 0 Å². The smallest absolute Gasteiger partial charge is 0.0846 e. The lowest BCUT2D eigenvalue weighted by molar-refractivity contribution is 0.667. The summed E-state index contributed by atoms with van der Waals surface area (Å²) >= 11 is 9.22. The summed E-state index contributed by atoms with van der Waals surface area (Å²) in [5, 5.41) is 3.55. The van der Waals surface area contributed by atoms with Crippen LogP contribution in [0, 0.1) is 0 Å². The van der Waals surface area contributed by atoms with Gasteiger partial charge in [-0.3, -0.25) is 0 Å². The van der Waals surface area contributed by atoms with E-state index >= 15 is 0 Å². The summed E-state index contributed by atoms with van der Waals surface area (Å²) in [6.45, 7) is 2.08. The van der Waals surface area contributed by atoms with Crippen LogP contribution in [0.2, 0.25) is 0 Å². The molecular weight excluding hydrogens is 374 g/mol. The van der Waals surface area contributed by atoms with Crippen molar-refractivity contribution in [3.8, 4) is 0 Å². The van der Waals surface area contributed by atoms with Gasteiger partial charge in [0.25, 0.3) is 0 Å². The molecule has 1 aromatic carbocycles. The van der Waals surface area contributed by atoms with Gasteiger partial charge in [0.15, 0.2) is 0 Å². The lowest BCUT2D eigenvalue weighted by atomic mass is 9.95. The van der Waals surface area contributed by atoms with Crippen LogP contribution >= 0.6 is 43.2 Å². The molecule has 0 spiro atoms. The molecule has 1 N–H and O–H groups in total. The fourth-order valence-corrected chi connectivity index (χ4v) is 5.09. The normalized spacial score (nSPS) is 19.3. The van der Waals surface area contributed by atoms with Gasteiger partial charge >= 0.3 is 0 Å². The van der Waals surface area contributed by atoms with Crippen LogP contribution in [0.3, 0.4) is 0 Å². The molecular formula is C14H13Br2NS. The van der Waals surface area contributed by atoms with Crippen molar-refractivity contribution in [3.05, 3.63) is 54.6 Å². The number of nitrogens with one attached hydrogen (secondary N) is 1. The van der Waals surface area contributed by atoms with Gasteiger partial charge in [-0.2, -0.15) is 0 Å². The lowest BCUT2D eigenvalue weighted by Crippen LogP contribution is -2.20. The molecule has 0 saturated heterocycles. The van der Waals surface area contributed by atoms with Crippen LogP contribution in [-0.2, 0) is 6.42 Å². The van der Waals surface area contributed by atoms with E-state index in [9.17, 15) is 0 Å². The SMILES string of the molecule is Brc1sc2c(c1Br)CCNCC2c1ccccc1. The van der Waals surface area contributed by atoms with Gasteiger partial charge in [-0.05, 0) is 56.0 Å². The number of hydrogen-bond acceptors (Lipinski definition) is 2. The molecule has 0 fully saturated rings. The van der Waals surface area contributed by atoms with E-state index in [4.69, 9.17) is 0 Å². The van der Waals surface area contributed by atoms with Crippen LogP contribution in [0.1, 0.15) is 21.9 Å². The fourth-order valence-electron chi connectivity index (χ4n) is 2.45. The van der Waals surface area contributed by atoms with Gasteiger partial charge in [-0.25, -0.2) is 0 Å². The Hall–Kier alpha value is -0.160. The van der Waals surface area contributed by atoms with Gasteiger partial charge < -0.3 is 5.32 Å². The summed E-state index contributed by atoms with van der Waals surface area (Å²) in [6.07, 6.45) is 1.10. The van der Waals surface area contributed by atoms with Crippen LogP contribution in [0.25, 0.3) is 0 Å². The van der Waals surface area contributed by atoms with E-state index in [1.807, 2.05) is 11.3 Å². The molecule has 0 aliphatic carbocycles. The molecule has 1 nitrogen and oxygen atoms in total. The first kappa shape index (κ1) is 12.9. The van der Waals surface area contributed by atoms with Crippen molar-refractivity contribution in [1.82, 2.24) is 5.32 Å². The van der Waals surface area contributed by atoms with Gasteiger partial charge in [-0.15, -0.1) is 11.3 Å². The molecule has 2 aromatic rings. The highest BCUT2D eigenvalue weighted by Gasteiger charge is 2.25. The maximum absolute atomic E-state index is 3.71. The van der Waals surface area contributed by atoms with Crippen molar-refractivity contribution in [3.63, 3.8) is 0 Å². The molecule has 3 rings (SSSR count). The quantitative estimate of drug-likeness (QED) is 0.757. The first-order valence-corrected chi connectivity index (χ1v) is 8.40. The highest BCUT2D eigenvalue weighted by molar-refractivity contribution is 9.13. The molecule has 0 bridgehead atoms. The van der Waals surface area contributed by atoms with E-state index in [2.05, 4.69) is 67.5 Å². The van der Waals surface area contributed by atoms with E-state index in [0.717, 1.165) is 19.5 Å². The minimum absolute atomic E-state index is 0.469. The highest BCUT2D eigenvalue weighted by Crippen LogP contribution is 2.43. The van der Waals surface area contributed by atoms with Crippen LogP contribution in [0.5, 0.6) is 0 Å². The van der Waals surface area contributed by atoms with Crippen molar-refractivity contribution in [2.24, 2.45) is 0 Å². The third kappa shape index (κ3) is 2.31. The standard InChI is InChI=1S/C14H13Br2NS/c15-12-10-6-7-17-8-11(13(10)18-14(12)16)9-4-2-1-3-5-9/h1-5,11,17H,6-8H2. The van der Waals surface area contributed by atoms with E-state index in [-0.39, 0.29) is 0 Å². The Balaban J connectivity index is 2.09. The van der Waals surface area contributed by atoms with Crippen LogP contribution < -0.4 is 5.32 Å². The number of hydrogen-bond donors (Lipinski definition) is 1. The largest absolute Gasteiger partial charge is 0.315 e. The molecule has 1 atom stereocenters.